The molecule has 8 heteroatoms. The average molecular weight is 614 g/mol. The summed E-state index contributed by atoms with van der Waals surface area (Å²) in [5.74, 6) is -0.742. The number of benzene rings is 3. The van der Waals surface area contributed by atoms with Gasteiger partial charge in [-0.15, -0.1) is 0 Å². The molecule has 1 fully saturated rings. The van der Waals surface area contributed by atoms with Crippen molar-refractivity contribution in [2.45, 2.75) is 89.9 Å². The van der Waals surface area contributed by atoms with Gasteiger partial charge < -0.3 is 25.8 Å². The second-order valence-electron chi connectivity index (χ2n) is 12.4. The van der Waals surface area contributed by atoms with Crippen LogP contribution in [0.3, 0.4) is 0 Å². The number of likely N-dealkylation sites (tertiary alicyclic amines) is 1. The van der Waals surface area contributed by atoms with Gasteiger partial charge in [0.05, 0.1) is 12.5 Å². The van der Waals surface area contributed by atoms with Crippen molar-refractivity contribution in [1.29, 1.82) is 0 Å². The molecule has 4 N–H and O–H groups in total. The number of piperidine rings is 1. The van der Waals surface area contributed by atoms with Crippen LogP contribution in [-0.4, -0.2) is 58.6 Å². The summed E-state index contributed by atoms with van der Waals surface area (Å²) in [6.45, 7) is 6.03. The highest BCUT2D eigenvalue weighted by Crippen LogP contribution is 2.26. The Kier molecular flexibility index (Phi) is 12.3. The molecule has 0 saturated carbocycles. The fourth-order valence-corrected chi connectivity index (χ4v) is 6.24. The number of hydrogen-bond acceptors (Lipinski definition) is 6. The molecule has 4 rings (SSSR count). The van der Waals surface area contributed by atoms with Crippen molar-refractivity contribution in [3.63, 3.8) is 0 Å². The van der Waals surface area contributed by atoms with E-state index in [1.165, 1.54) is 0 Å². The van der Waals surface area contributed by atoms with Gasteiger partial charge >= 0.3 is 5.97 Å². The van der Waals surface area contributed by atoms with Crippen LogP contribution in [0, 0.1) is 19.8 Å². The Morgan fingerprint density at radius 2 is 1.51 bits per heavy atom. The summed E-state index contributed by atoms with van der Waals surface area (Å²) in [5, 5.41) is 14.9. The number of aryl methyl sites for hydroxylation is 2. The number of nitrogens with one attached hydrogen (secondary N) is 1. The molecule has 8 nitrogen and oxygen atoms in total. The van der Waals surface area contributed by atoms with Crippen LogP contribution in [0.25, 0.3) is 0 Å². The van der Waals surface area contributed by atoms with Gasteiger partial charge in [0.15, 0.2) is 0 Å². The lowest BCUT2D eigenvalue weighted by atomic mass is 9.86. The maximum atomic E-state index is 13.8. The van der Waals surface area contributed by atoms with Crippen LogP contribution < -0.4 is 15.8 Å². The lowest BCUT2D eigenvalue weighted by Gasteiger charge is -2.37. The molecule has 1 saturated heterocycles. The van der Waals surface area contributed by atoms with Crippen LogP contribution in [0.15, 0.2) is 78.9 Å². The molecule has 1 aliphatic rings. The first-order chi connectivity index (χ1) is 21.6. The number of carbonyl (C=O) groups excluding carboxylic acids is 3. The van der Waals surface area contributed by atoms with Gasteiger partial charge in [0.2, 0.25) is 11.8 Å². The molecular formula is C37H47N3O5. The molecule has 0 spiro atoms. The Labute approximate surface area is 267 Å². The number of para-hydroxylation sites is 1. The third kappa shape index (κ3) is 9.74. The zero-order chi connectivity index (χ0) is 32.3. The molecule has 0 aliphatic carbocycles. The highest BCUT2D eigenvalue weighted by Gasteiger charge is 2.36. The van der Waals surface area contributed by atoms with E-state index in [2.05, 4.69) is 5.32 Å². The molecule has 1 aliphatic heterocycles. The lowest BCUT2D eigenvalue weighted by Crippen LogP contribution is -2.60. The predicted octanol–water partition coefficient (Wildman–Crippen LogP) is 4.66. The fourth-order valence-electron chi connectivity index (χ4n) is 6.24. The summed E-state index contributed by atoms with van der Waals surface area (Å²) in [7, 11) is 0. The van der Waals surface area contributed by atoms with E-state index in [4.69, 9.17) is 10.5 Å². The van der Waals surface area contributed by atoms with E-state index < -0.39 is 36.1 Å². The number of aliphatic hydroxyl groups excluding tert-OH is 1. The van der Waals surface area contributed by atoms with Crippen LogP contribution in [0.2, 0.25) is 0 Å². The van der Waals surface area contributed by atoms with Gasteiger partial charge in [0, 0.05) is 25.0 Å². The van der Waals surface area contributed by atoms with Crippen molar-refractivity contribution < 1.29 is 24.2 Å². The van der Waals surface area contributed by atoms with Crippen molar-refractivity contribution in [2.24, 2.45) is 11.7 Å². The van der Waals surface area contributed by atoms with Crippen LogP contribution in [-0.2, 0) is 27.2 Å². The molecular weight excluding hydrogens is 566 g/mol. The SMILES string of the molecule is Cc1cccc(C)c1OC(=O)CC(Cc1ccccc1)[C@@H](O)C[C@H](Cc1ccccc1)NC(=O)[C@H](C(C)N)N1CCCCC1=O. The largest absolute Gasteiger partial charge is 0.426 e. The molecule has 0 aromatic heterocycles. The minimum atomic E-state index is -0.935. The smallest absolute Gasteiger partial charge is 0.311 e. The molecule has 0 bridgehead atoms. The lowest BCUT2D eigenvalue weighted by molar-refractivity contribution is -0.143. The topological polar surface area (TPSA) is 122 Å². The first-order valence-corrected chi connectivity index (χ1v) is 16.0. The molecule has 3 aromatic carbocycles. The molecule has 1 heterocycles. The highest BCUT2D eigenvalue weighted by atomic mass is 16.5. The van der Waals surface area contributed by atoms with Gasteiger partial charge in [-0.3, -0.25) is 14.4 Å². The molecule has 45 heavy (non-hydrogen) atoms. The zero-order valence-electron chi connectivity index (χ0n) is 26.7. The van der Waals surface area contributed by atoms with Crippen LogP contribution in [0.1, 0.15) is 61.3 Å². The van der Waals surface area contributed by atoms with E-state index in [1.807, 2.05) is 92.7 Å². The number of esters is 1. The van der Waals surface area contributed by atoms with Crippen molar-refractivity contribution in [1.82, 2.24) is 10.2 Å². The minimum absolute atomic E-state index is 0.000573. The molecule has 2 unspecified atom stereocenters. The van der Waals surface area contributed by atoms with E-state index in [-0.39, 0.29) is 24.7 Å². The standard InChI is InChI=1S/C37H47N3O5/c1-25-13-12-14-26(2)36(25)45-34(43)23-30(21-28-15-6-4-7-16-28)32(41)24-31(22-29-17-8-5-9-18-29)39-37(44)35(27(3)38)40-20-11-10-19-33(40)42/h4-9,12-18,27,30-32,35,41H,10-11,19-24,38H2,1-3H3,(H,39,44)/t27?,30?,31-,32-,35-/m0/s1. The Bertz CT molecular complexity index is 1390. The van der Waals surface area contributed by atoms with Crippen molar-refractivity contribution in [2.75, 3.05) is 6.54 Å². The first kappa shape index (κ1) is 33.9. The summed E-state index contributed by atoms with van der Waals surface area (Å²) in [5.41, 5.74) is 10.00. The van der Waals surface area contributed by atoms with Gasteiger partial charge in [-0.1, -0.05) is 78.9 Å². The van der Waals surface area contributed by atoms with Crippen LogP contribution >= 0.6 is 0 Å². The van der Waals surface area contributed by atoms with Gasteiger partial charge in [0.1, 0.15) is 11.8 Å². The molecule has 2 amide bonds. The second-order valence-corrected chi connectivity index (χ2v) is 12.4. The maximum absolute atomic E-state index is 13.8. The third-order valence-electron chi connectivity index (χ3n) is 8.60. The summed E-state index contributed by atoms with van der Waals surface area (Å²) in [4.78, 5) is 41.4. The van der Waals surface area contributed by atoms with Gasteiger partial charge in [-0.2, -0.15) is 0 Å². The monoisotopic (exact) mass is 613 g/mol. The Morgan fingerprint density at radius 3 is 2.09 bits per heavy atom. The molecule has 240 valence electrons. The van der Waals surface area contributed by atoms with Crippen molar-refractivity contribution in [3.8, 4) is 5.75 Å². The Morgan fingerprint density at radius 1 is 0.911 bits per heavy atom. The first-order valence-electron chi connectivity index (χ1n) is 16.0. The fraction of sp³-hybridized carbons (Fsp3) is 0.432. The number of aliphatic hydroxyl groups is 1. The normalized spacial score (nSPS) is 16.7. The number of amides is 2. The highest BCUT2D eigenvalue weighted by molar-refractivity contribution is 5.88. The minimum Gasteiger partial charge on any atom is -0.426 e. The average Bonchev–Trinajstić information content (AvgIpc) is 3.00. The van der Waals surface area contributed by atoms with Gasteiger partial charge in [0.25, 0.3) is 0 Å². The Hall–Kier alpha value is -4.01. The number of carbonyl (C=O) groups is 3. The van der Waals surface area contributed by atoms with Crippen molar-refractivity contribution >= 4 is 17.8 Å². The van der Waals surface area contributed by atoms with E-state index in [1.54, 1.807) is 11.8 Å². The summed E-state index contributed by atoms with van der Waals surface area (Å²) < 4.78 is 5.82. The van der Waals surface area contributed by atoms with E-state index in [9.17, 15) is 19.5 Å². The second kappa shape index (κ2) is 16.3. The van der Waals surface area contributed by atoms with Crippen LogP contribution in [0.4, 0.5) is 0 Å². The number of ether oxygens (including phenoxy) is 1. The quantitative estimate of drug-likeness (QED) is 0.180. The van der Waals surface area contributed by atoms with Crippen LogP contribution in [0.5, 0.6) is 5.75 Å². The number of nitrogens with zero attached hydrogens (tertiary/aromatic N) is 1. The van der Waals surface area contributed by atoms with Gasteiger partial charge in [-0.05, 0) is 81.0 Å². The number of hydrogen-bond donors (Lipinski definition) is 3. The number of rotatable bonds is 14. The molecule has 3 aromatic rings. The van der Waals surface area contributed by atoms with E-state index in [0.717, 1.165) is 35.1 Å². The van der Waals surface area contributed by atoms with E-state index in [0.29, 0.717) is 31.6 Å². The molecule has 5 atom stereocenters. The maximum Gasteiger partial charge on any atom is 0.311 e. The zero-order valence-corrected chi connectivity index (χ0v) is 26.7. The van der Waals surface area contributed by atoms with Crippen molar-refractivity contribution in [3.05, 3.63) is 101 Å². The van der Waals surface area contributed by atoms with Gasteiger partial charge in [-0.25, -0.2) is 0 Å². The van der Waals surface area contributed by atoms with E-state index >= 15 is 0 Å². The summed E-state index contributed by atoms with van der Waals surface area (Å²) in [6, 6.07) is 23.4. The summed E-state index contributed by atoms with van der Waals surface area (Å²) in [6.07, 6.45) is 2.23. The summed E-state index contributed by atoms with van der Waals surface area (Å²) >= 11 is 0. The number of nitrogens with two attached hydrogens (primary N) is 1. The third-order valence-corrected chi connectivity index (χ3v) is 8.60. The molecule has 0 radical (unpaired) electrons. The Balaban J connectivity index is 1.55. The predicted molar refractivity (Wildman–Crippen MR) is 176 cm³/mol.